The Labute approximate surface area is 182 Å². The molecule has 1 N–H and O–H groups in total. The van der Waals surface area contributed by atoms with E-state index in [1.807, 2.05) is 31.2 Å². The van der Waals surface area contributed by atoms with E-state index in [0.29, 0.717) is 13.2 Å². The largest absolute Gasteiger partial charge is 0.490 e. The van der Waals surface area contributed by atoms with Crippen molar-refractivity contribution in [1.29, 1.82) is 0 Å². The zero-order valence-electron chi connectivity index (χ0n) is 17.1. The second-order valence-corrected chi connectivity index (χ2v) is 7.81. The van der Waals surface area contributed by atoms with Crippen molar-refractivity contribution in [3.8, 4) is 11.5 Å². The molecule has 0 saturated heterocycles. The molecule has 0 unspecified atom stereocenters. The molecule has 0 aliphatic rings. The molecule has 0 aromatic heterocycles. The van der Waals surface area contributed by atoms with E-state index in [1.54, 1.807) is 0 Å². The lowest BCUT2D eigenvalue weighted by Gasteiger charge is -2.16. The first-order valence-electron chi connectivity index (χ1n) is 10.0. The van der Waals surface area contributed by atoms with Crippen LogP contribution in [0.3, 0.4) is 0 Å². The molecular weight excluding hydrogens is 426 g/mol. The highest BCUT2D eigenvalue weighted by Crippen LogP contribution is 2.34. The molecule has 0 fully saturated rings. The Morgan fingerprint density at radius 2 is 1.59 bits per heavy atom. The van der Waals surface area contributed by atoms with Crippen molar-refractivity contribution in [2.45, 2.75) is 33.4 Å². The van der Waals surface area contributed by atoms with E-state index in [2.05, 4.69) is 70.6 Å². The van der Waals surface area contributed by atoms with Crippen LogP contribution >= 0.6 is 15.9 Å². The molecule has 3 nitrogen and oxygen atoms in total. The lowest BCUT2D eigenvalue weighted by atomic mass is 10.1. The smallest absolute Gasteiger partial charge is 0.162 e. The van der Waals surface area contributed by atoms with Gasteiger partial charge in [-0.1, -0.05) is 70.5 Å². The maximum Gasteiger partial charge on any atom is 0.162 e. The van der Waals surface area contributed by atoms with Gasteiger partial charge in [-0.05, 0) is 61.2 Å². The molecule has 3 aromatic carbocycles. The molecule has 0 bridgehead atoms. The maximum atomic E-state index is 6.10. The normalized spacial score (nSPS) is 10.7. The van der Waals surface area contributed by atoms with Crippen LogP contribution in [0.1, 0.15) is 29.2 Å². The van der Waals surface area contributed by atoms with Gasteiger partial charge in [0, 0.05) is 11.0 Å². The first-order chi connectivity index (χ1) is 14.2. The summed E-state index contributed by atoms with van der Waals surface area (Å²) in [6.45, 7) is 6.90. The predicted molar refractivity (Wildman–Crippen MR) is 123 cm³/mol. The topological polar surface area (TPSA) is 30.5 Å². The van der Waals surface area contributed by atoms with E-state index in [0.717, 1.165) is 41.0 Å². The van der Waals surface area contributed by atoms with Crippen LogP contribution in [-0.2, 0) is 19.6 Å². The fourth-order valence-corrected chi connectivity index (χ4v) is 3.58. The molecule has 3 aromatic rings. The third kappa shape index (κ3) is 6.34. The highest BCUT2D eigenvalue weighted by molar-refractivity contribution is 9.10. The molecule has 3 rings (SSSR count). The summed E-state index contributed by atoms with van der Waals surface area (Å²) in [4.78, 5) is 0. The molecule has 0 heterocycles. The number of benzene rings is 3. The summed E-state index contributed by atoms with van der Waals surface area (Å²) in [6.07, 6.45) is 1.01. The van der Waals surface area contributed by atoms with Crippen LogP contribution in [0.4, 0.5) is 0 Å². The number of hydrogen-bond acceptors (Lipinski definition) is 3. The quantitative estimate of drug-likeness (QED) is 0.378. The Morgan fingerprint density at radius 3 is 2.34 bits per heavy atom. The molecule has 0 saturated carbocycles. The number of aryl methyl sites for hydroxylation is 1. The third-order valence-corrected chi connectivity index (χ3v) is 5.54. The third-order valence-electron chi connectivity index (χ3n) is 4.81. The molecule has 0 spiro atoms. The zero-order valence-corrected chi connectivity index (χ0v) is 18.7. The van der Waals surface area contributed by atoms with Crippen LogP contribution < -0.4 is 14.8 Å². The minimum absolute atomic E-state index is 0.522. The molecule has 0 aliphatic carbocycles. The van der Waals surface area contributed by atoms with Crippen molar-refractivity contribution in [1.82, 2.24) is 5.32 Å². The Morgan fingerprint density at radius 1 is 0.862 bits per heavy atom. The molecule has 152 valence electrons. The Balaban J connectivity index is 1.63. The Bertz CT molecular complexity index is 912. The van der Waals surface area contributed by atoms with E-state index in [1.165, 1.54) is 16.7 Å². The van der Waals surface area contributed by atoms with Gasteiger partial charge in [-0.2, -0.15) is 0 Å². The van der Waals surface area contributed by atoms with Gasteiger partial charge in [0.15, 0.2) is 11.5 Å². The lowest BCUT2D eigenvalue weighted by Crippen LogP contribution is -2.17. The Kier molecular flexibility index (Phi) is 8.14. The maximum absolute atomic E-state index is 6.10. The zero-order chi connectivity index (χ0) is 20.5. The van der Waals surface area contributed by atoms with Gasteiger partial charge in [-0.25, -0.2) is 0 Å². The summed E-state index contributed by atoms with van der Waals surface area (Å²) < 4.78 is 13.0. The van der Waals surface area contributed by atoms with Crippen LogP contribution in [-0.4, -0.2) is 13.2 Å². The second-order valence-electron chi connectivity index (χ2n) is 6.95. The van der Waals surface area contributed by atoms with E-state index in [-0.39, 0.29) is 0 Å². The van der Waals surface area contributed by atoms with Crippen LogP contribution in [0.15, 0.2) is 71.2 Å². The summed E-state index contributed by atoms with van der Waals surface area (Å²) >= 11 is 3.69. The van der Waals surface area contributed by atoms with Crippen molar-refractivity contribution >= 4 is 15.9 Å². The van der Waals surface area contributed by atoms with Gasteiger partial charge < -0.3 is 14.8 Å². The summed E-state index contributed by atoms with van der Waals surface area (Å²) in [5.74, 6) is 1.54. The standard InChI is InChI=1S/C25H28BrNO2/c1-3-28-24-15-22(17-27-14-13-20-10-5-4-6-11-20)23(26)16-25(24)29-18-21-12-8-7-9-19(21)2/h4-12,15-16,27H,3,13-14,17-18H2,1-2H3. The number of halogens is 1. The van der Waals surface area contributed by atoms with Crippen LogP contribution in [0.25, 0.3) is 0 Å². The van der Waals surface area contributed by atoms with Gasteiger partial charge in [0.25, 0.3) is 0 Å². The molecule has 0 aliphatic heterocycles. The number of hydrogen-bond donors (Lipinski definition) is 1. The molecule has 0 radical (unpaired) electrons. The minimum Gasteiger partial charge on any atom is -0.490 e. The average molecular weight is 454 g/mol. The summed E-state index contributed by atoms with van der Waals surface area (Å²) in [6, 6.07) is 22.9. The van der Waals surface area contributed by atoms with Crippen molar-refractivity contribution in [3.63, 3.8) is 0 Å². The van der Waals surface area contributed by atoms with E-state index in [4.69, 9.17) is 9.47 Å². The van der Waals surface area contributed by atoms with E-state index in [9.17, 15) is 0 Å². The SMILES string of the molecule is CCOc1cc(CNCCc2ccccc2)c(Br)cc1OCc1ccccc1C. The van der Waals surface area contributed by atoms with Crippen LogP contribution in [0.2, 0.25) is 0 Å². The lowest BCUT2D eigenvalue weighted by molar-refractivity contribution is 0.268. The van der Waals surface area contributed by atoms with Gasteiger partial charge in [-0.3, -0.25) is 0 Å². The van der Waals surface area contributed by atoms with E-state index < -0.39 is 0 Å². The summed E-state index contributed by atoms with van der Waals surface area (Å²) in [5.41, 5.74) is 4.90. The van der Waals surface area contributed by atoms with Crippen molar-refractivity contribution < 1.29 is 9.47 Å². The Hall–Kier alpha value is -2.30. The van der Waals surface area contributed by atoms with Crippen LogP contribution in [0, 0.1) is 6.92 Å². The highest BCUT2D eigenvalue weighted by Gasteiger charge is 2.12. The highest BCUT2D eigenvalue weighted by atomic mass is 79.9. The number of ether oxygens (including phenoxy) is 2. The van der Waals surface area contributed by atoms with Crippen LogP contribution in [0.5, 0.6) is 11.5 Å². The molecule has 0 amide bonds. The first kappa shape index (κ1) is 21.4. The number of nitrogens with one attached hydrogen (secondary N) is 1. The predicted octanol–water partition coefficient (Wildman–Crippen LogP) is 6.07. The average Bonchev–Trinajstić information content (AvgIpc) is 2.74. The molecule has 4 heteroatoms. The molecule has 0 atom stereocenters. The van der Waals surface area contributed by atoms with Gasteiger partial charge in [0.2, 0.25) is 0 Å². The monoisotopic (exact) mass is 453 g/mol. The van der Waals surface area contributed by atoms with Gasteiger partial charge in [0.05, 0.1) is 6.61 Å². The minimum atomic E-state index is 0.522. The second kappa shape index (κ2) is 11.0. The van der Waals surface area contributed by atoms with Gasteiger partial charge in [0.1, 0.15) is 6.61 Å². The van der Waals surface area contributed by atoms with E-state index >= 15 is 0 Å². The number of rotatable bonds is 10. The van der Waals surface area contributed by atoms with Crippen molar-refractivity contribution in [2.75, 3.05) is 13.2 Å². The molecule has 29 heavy (non-hydrogen) atoms. The van der Waals surface area contributed by atoms with Gasteiger partial charge >= 0.3 is 0 Å². The summed E-state index contributed by atoms with van der Waals surface area (Å²) in [7, 11) is 0. The molecular formula is C25H28BrNO2. The fraction of sp³-hybridized carbons (Fsp3) is 0.280. The fourth-order valence-electron chi connectivity index (χ4n) is 3.12. The van der Waals surface area contributed by atoms with Crippen molar-refractivity contribution in [2.24, 2.45) is 0 Å². The first-order valence-corrected chi connectivity index (χ1v) is 10.8. The van der Waals surface area contributed by atoms with Crippen molar-refractivity contribution in [3.05, 3.63) is 93.5 Å². The summed E-state index contributed by atoms with van der Waals surface area (Å²) in [5, 5.41) is 3.52. The van der Waals surface area contributed by atoms with Gasteiger partial charge in [-0.15, -0.1) is 0 Å².